The molecule has 0 fully saturated rings. The Hall–Kier alpha value is -1.56. The SMILES string of the molecule is O=C(CCC(F)(F)F)NCc1cccc(CO)c1. The molecule has 1 rings (SSSR count). The molecule has 1 aromatic rings. The van der Waals surface area contributed by atoms with Gasteiger partial charge in [-0.2, -0.15) is 13.2 Å². The minimum atomic E-state index is -4.31. The standard InChI is InChI=1S/C12H14F3NO2/c13-12(14,15)5-4-11(18)16-7-9-2-1-3-10(6-9)8-17/h1-3,6,17H,4-5,7-8H2,(H,16,18). The lowest BCUT2D eigenvalue weighted by molar-refractivity contribution is -0.144. The summed E-state index contributed by atoms with van der Waals surface area (Å²) in [6.07, 6.45) is -5.99. The van der Waals surface area contributed by atoms with Crippen molar-refractivity contribution < 1.29 is 23.1 Å². The summed E-state index contributed by atoms with van der Waals surface area (Å²) in [7, 11) is 0. The Labute approximate surface area is 103 Å². The molecule has 0 aliphatic heterocycles. The third-order valence-corrected chi connectivity index (χ3v) is 2.30. The van der Waals surface area contributed by atoms with Gasteiger partial charge in [0.15, 0.2) is 0 Å². The van der Waals surface area contributed by atoms with Gasteiger partial charge in [0.1, 0.15) is 0 Å². The number of aliphatic hydroxyl groups is 1. The molecule has 1 aromatic carbocycles. The van der Waals surface area contributed by atoms with Gasteiger partial charge in [-0.05, 0) is 11.1 Å². The van der Waals surface area contributed by atoms with Crippen LogP contribution in [0.5, 0.6) is 0 Å². The third kappa shape index (κ3) is 5.67. The molecule has 0 saturated heterocycles. The lowest BCUT2D eigenvalue weighted by atomic mass is 10.1. The molecular formula is C12H14F3NO2. The summed E-state index contributed by atoms with van der Waals surface area (Å²) in [5.74, 6) is -0.637. The summed E-state index contributed by atoms with van der Waals surface area (Å²) in [6.45, 7) is 0.0421. The number of amides is 1. The van der Waals surface area contributed by atoms with Gasteiger partial charge < -0.3 is 10.4 Å². The molecule has 1 amide bonds. The van der Waals surface area contributed by atoms with Gasteiger partial charge in [-0.1, -0.05) is 24.3 Å². The van der Waals surface area contributed by atoms with E-state index in [1.165, 1.54) is 0 Å². The summed E-state index contributed by atoms with van der Waals surface area (Å²) in [5, 5.41) is 11.3. The van der Waals surface area contributed by atoms with Crippen molar-refractivity contribution in [2.24, 2.45) is 0 Å². The van der Waals surface area contributed by atoms with Crippen LogP contribution in [0.15, 0.2) is 24.3 Å². The van der Waals surface area contributed by atoms with Crippen LogP contribution in [-0.2, 0) is 17.9 Å². The second kappa shape index (κ2) is 6.39. The number of hydrogen-bond acceptors (Lipinski definition) is 2. The maximum Gasteiger partial charge on any atom is 0.389 e. The Morgan fingerprint density at radius 2 is 1.94 bits per heavy atom. The molecule has 3 nitrogen and oxygen atoms in total. The largest absolute Gasteiger partial charge is 0.392 e. The van der Waals surface area contributed by atoms with E-state index in [2.05, 4.69) is 5.32 Å². The maximum atomic E-state index is 11.9. The van der Waals surface area contributed by atoms with Crippen molar-refractivity contribution in [3.05, 3.63) is 35.4 Å². The number of benzene rings is 1. The minimum Gasteiger partial charge on any atom is -0.392 e. The molecule has 0 aliphatic carbocycles. The number of nitrogens with one attached hydrogen (secondary N) is 1. The summed E-state index contributed by atoms with van der Waals surface area (Å²) in [6, 6.07) is 6.84. The molecule has 0 atom stereocenters. The highest BCUT2D eigenvalue weighted by Gasteiger charge is 2.27. The van der Waals surface area contributed by atoms with E-state index >= 15 is 0 Å². The van der Waals surface area contributed by atoms with Crippen molar-refractivity contribution in [2.75, 3.05) is 0 Å². The average Bonchev–Trinajstić information content (AvgIpc) is 2.33. The number of alkyl halides is 3. The van der Waals surface area contributed by atoms with E-state index in [0.29, 0.717) is 5.56 Å². The van der Waals surface area contributed by atoms with Crippen LogP contribution in [0, 0.1) is 0 Å². The molecular weight excluding hydrogens is 247 g/mol. The van der Waals surface area contributed by atoms with Crippen LogP contribution >= 0.6 is 0 Å². The van der Waals surface area contributed by atoms with Gasteiger partial charge in [-0.15, -0.1) is 0 Å². The molecule has 2 N–H and O–H groups in total. The Bertz CT molecular complexity index is 405. The van der Waals surface area contributed by atoms with E-state index < -0.39 is 24.9 Å². The van der Waals surface area contributed by atoms with Crippen molar-refractivity contribution in [1.29, 1.82) is 0 Å². The topological polar surface area (TPSA) is 49.3 Å². The number of halogens is 3. The smallest absolute Gasteiger partial charge is 0.389 e. The zero-order valence-electron chi connectivity index (χ0n) is 9.63. The van der Waals surface area contributed by atoms with Crippen LogP contribution in [0.3, 0.4) is 0 Å². The van der Waals surface area contributed by atoms with Crippen molar-refractivity contribution in [1.82, 2.24) is 5.32 Å². The number of rotatable bonds is 5. The molecule has 0 aliphatic rings. The first kappa shape index (κ1) is 14.5. The fourth-order valence-electron chi connectivity index (χ4n) is 1.38. The van der Waals surface area contributed by atoms with Gasteiger partial charge in [0.05, 0.1) is 13.0 Å². The van der Waals surface area contributed by atoms with Crippen LogP contribution in [0.2, 0.25) is 0 Å². The van der Waals surface area contributed by atoms with Crippen LogP contribution in [0.25, 0.3) is 0 Å². The first-order valence-corrected chi connectivity index (χ1v) is 5.43. The molecule has 0 unspecified atom stereocenters. The summed E-state index contributed by atoms with van der Waals surface area (Å²) >= 11 is 0. The molecule has 0 bridgehead atoms. The first-order valence-electron chi connectivity index (χ1n) is 5.43. The second-order valence-corrected chi connectivity index (χ2v) is 3.87. The van der Waals surface area contributed by atoms with Crippen molar-refractivity contribution in [2.45, 2.75) is 32.2 Å². The Kier molecular flexibility index (Phi) is 5.15. The number of carbonyl (C=O) groups is 1. The quantitative estimate of drug-likeness (QED) is 0.853. The highest BCUT2D eigenvalue weighted by Crippen LogP contribution is 2.21. The fraction of sp³-hybridized carbons (Fsp3) is 0.417. The third-order valence-electron chi connectivity index (χ3n) is 2.30. The van der Waals surface area contributed by atoms with Crippen LogP contribution in [0.1, 0.15) is 24.0 Å². The number of aliphatic hydroxyl groups excluding tert-OH is 1. The Morgan fingerprint density at radius 3 is 2.56 bits per heavy atom. The summed E-state index contributed by atoms with van der Waals surface area (Å²) < 4.78 is 35.6. The van der Waals surface area contributed by atoms with Gasteiger partial charge in [0.2, 0.25) is 5.91 Å². The van der Waals surface area contributed by atoms with Crippen LogP contribution in [-0.4, -0.2) is 17.2 Å². The van der Waals surface area contributed by atoms with Gasteiger partial charge in [-0.25, -0.2) is 0 Å². The predicted molar refractivity (Wildman–Crippen MR) is 59.5 cm³/mol. The van der Waals surface area contributed by atoms with Crippen molar-refractivity contribution >= 4 is 5.91 Å². The first-order chi connectivity index (χ1) is 8.40. The van der Waals surface area contributed by atoms with E-state index in [9.17, 15) is 18.0 Å². The molecule has 100 valence electrons. The zero-order valence-corrected chi connectivity index (χ0v) is 9.63. The second-order valence-electron chi connectivity index (χ2n) is 3.87. The molecule has 6 heteroatoms. The van der Waals surface area contributed by atoms with E-state index in [1.807, 2.05) is 0 Å². The molecule has 0 saturated carbocycles. The molecule has 0 heterocycles. The fourth-order valence-corrected chi connectivity index (χ4v) is 1.38. The molecule has 0 aromatic heterocycles. The molecule has 18 heavy (non-hydrogen) atoms. The zero-order chi connectivity index (χ0) is 13.6. The highest BCUT2D eigenvalue weighted by molar-refractivity contribution is 5.75. The van der Waals surface area contributed by atoms with Crippen LogP contribution < -0.4 is 5.32 Å². The van der Waals surface area contributed by atoms with Crippen molar-refractivity contribution in [3.63, 3.8) is 0 Å². The monoisotopic (exact) mass is 261 g/mol. The van der Waals surface area contributed by atoms with Gasteiger partial charge in [0.25, 0.3) is 0 Å². The molecule has 0 radical (unpaired) electrons. The van der Waals surface area contributed by atoms with E-state index in [1.54, 1.807) is 24.3 Å². The number of carbonyl (C=O) groups excluding carboxylic acids is 1. The van der Waals surface area contributed by atoms with Gasteiger partial charge in [-0.3, -0.25) is 4.79 Å². The predicted octanol–water partition coefficient (Wildman–Crippen LogP) is 2.14. The van der Waals surface area contributed by atoms with Crippen molar-refractivity contribution in [3.8, 4) is 0 Å². The summed E-state index contributed by atoms with van der Waals surface area (Å²) in [4.78, 5) is 11.2. The summed E-state index contributed by atoms with van der Waals surface area (Å²) in [5.41, 5.74) is 1.43. The number of hydrogen-bond donors (Lipinski definition) is 2. The lowest BCUT2D eigenvalue weighted by Crippen LogP contribution is -2.24. The van der Waals surface area contributed by atoms with E-state index in [0.717, 1.165) is 5.56 Å². The van der Waals surface area contributed by atoms with Crippen LogP contribution in [0.4, 0.5) is 13.2 Å². The van der Waals surface area contributed by atoms with E-state index in [4.69, 9.17) is 5.11 Å². The average molecular weight is 261 g/mol. The lowest BCUT2D eigenvalue weighted by Gasteiger charge is -2.08. The maximum absolute atomic E-state index is 11.9. The van der Waals surface area contributed by atoms with Gasteiger partial charge >= 0.3 is 6.18 Å². The molecule has 0 spiro atoms. The Balaban J connectivity index is 2.38. The Morgan fingerprint density at radius 1 is 1.28 bits per heavy atom. The normalized spacial score (nSPS) is 11.3. The minimum absolute atomic E-state index is 0.115. The highest BCUT2D eigenvalue weighted by atomic mass is 19.4. The van der Waals surface area contributed by atoms with E-state index in [-0.39, 0.29) is 13.2 Å². The van der Waals surface area contributed by atoms with Gasteiger partial charge in [0, 0.05) is 13.0 Å².